The monoisotopic (exact) mass is 184 g/mol. The molecule has 2 radical (unpaired) electrons. The van der Waals surface area contributed by atoms with Gasteiger partial charge in [0.1, 0.15) is 5.82 Å². The molecule has 68 valence electrons. The van der Waals surface area contributed by atoms with Crippen molar-refractivity contribution in [2.45, 2.75) is 0 Å². The third-order valence-corrected chi connectivity index (χ3v) is 1.91. The van der Waals surface area contributed by atoms with Crippen molar-refractivity contribution in [3.05, 3.63) is 78.0 Å². The van der Waals surface area contributed by atoms with Crippen LogP contribution in [0.25, 0.3) is 0 Å². The first-order valence-corrected chi connectivity index (χ1v) is 4.42. The van der Waals surface area contributed by atoms with Gasteiger partial charge in [-0.15, -0.1) is 0 Å². The van der Waals surface area contributed by atoms with Gasteiger partial charge in [0.15, 0.2) is 0 Å². The van der Waals surface area contributed by atoms with E-state index in [1.807, 2.05) is 30.3 Å². The second kappa shape index (κ2) is 4.05. The zero-order chi connectivity index (χ0) is 9.80. The summed E-state index contributed by atoms with van der Waals surface area (Å²) in [7, 11) is 0. The molecule has 0 bridgehead atoms. The first-order chi connectivity index (χ1) is 6.84. The van der Waals surface area contributed by atoms with Gasteiger partial charge in [-0.05, 0) is 23.3 Å². The zero-order valence-electron chi connectivity index (χ0n) is 7.57. The van der Waals surface area contributed by atoms with Gasteiger partial charge in [0.05, 0.1) is 6.42 Å². The maximum atomic E-state index is 12.6. The lowest BCUT2D eigenvalue weighted by molar-refractivity contribution is 0.627. The summed E-state index contributed by atoms with van der Waals surface area (Å²) in [4.78, 5) is 0. The molecule has 0 aromatic heterocycles. The average Bonchev–Trinajstić information content (AvgIpc) is 2.23. The van der Waals surface area contributed by atoms with Crippen molar-refractivity contribution >= 4 is 0 Å². The van der Waals surface area contributed by atoms with Gasteiger partial charge in [-0.3, -0.25) is 0 Å². The first kappa shape index (κ1) is 8.95. The molecule has 14 heavy (non-hydrogen) atoms. The van der Waals surface area contributed by atoms with Crippen molar-refractivity contribution in [1.82, 2.24) is 0 Å². The van der Waals surface area contributed by atoms with Gasteiger partial charge in [0, 0.05) is 0 Å². The summed E-state index contributed by atoms with van der Waals surface area (Å²) in [6.45, 7) is 0. The second-order valence-corrected chi connectivity index (χ2v) is 3.00. The topological polar surface area (TPSA) is 0 Å². The summed E-state index contributed by atoms with van der Waals surface area (Å²) in [5.74, 6) is -0.219. The molecule has 0 spiro atoms. The van der Waals surface area contributed by atoms with E-state index in [4.69, 9.17) is 0 Å². The Hall–Kier alpha value is -1.63. The largest absolute Gasteiger partial charge is 0.207 e. The summed E-state index contributed by atoms with van der Waals surface area (Å²) < 4.78 is 12.6. The molecule has 0 heterocycles. The van der Waals surface area contributed by atoms with E-state index < -0.39 is 0 Å². The Morgan fingerprint density at radius 2 is 1.29 bits per heavy atom. The van der Waals surface area contributed by atoms with Crippen LogP contribution in [0.1, 0.15) is 11.1 Å². The van der Waals surface area contributed by atoms with Crippen LogP contribution in [0.2, 0.25) is 0 Å². The van der Waals surface area contributed by atoms with Crippen LogP contribution in [-0.2, 0) is 0 Å². The lowest BCUT2D eigenvalue weighted by atomic mass is 10.1. The molecule has 0 unspecified atom stereocenters. The van der Waals surface area contributed by atoms with Crippen molar-refractivity contribution in [2.75, 3.05) is 0 Å². The van der Waals surface area contributed by atoms with Crippen LogP contribution in [0.3, 0.4) is 0 Å². The Bertz CT molecular complexity index is 389. The van der Waals surface area contributed by atoms with Gasteiger partial charge >= 0.3 is 0 Å². The number of halogens is 1. The van der Waals surface area contributed by atoms with Gasteiger partial charge in [0.2, 0.25) is 0 Å². The molecule has 2 rings (SSSR count). The van der Waals surface area contributed by atoms with E-state index in [1.54, 1.807) is 12.1 Å². The molecule has 0 amide bonds. The highest BCUT2D eigenvalue weighted by molar-refractivity contribution is 5.36. The molecule has 0 atom stereocenters. The highest BCUT2D eigenvalue weighted by Gasteiger charge is 1.96. The molecule has 0 aliphatic heterocycles. The summed E-state index contributed by atoms with van der Waals surface area (Å²) in [6, 6.07) is 16.1. The van der Waals surface area contributed by atoms with Gasteiger partial charge < -0.3 is 0 Å². The summed E-state index contributed by atoms with van der Waals surface area (Å²) >= 11 is 0. The SMILES string of the molecule is Fc1ccc([C]c2ccccc2)cc1. The number of rotatable bonds is 2. The number of benzene rings is 2. The summed E-state index contributed by atoms with van der Waals surface area (Å²) in [5.41, 5.74) is 1.89. The fraction of sp³-hybridized carbons (Fsp3) is 0. The van der Waals surface area contributed by atoms with Crippen LogP contribution in [-0.4, -0.2) is 0 Å². The van der Waals surface area contributed by atoms with Gasteiger partial charge in [-0.25, -0.2) is 4.39 Å². The van der Waals surface area contributed by atoms with Crippen molar-refractivity contribution < 1.29 is 4.39 Å². The van der Waals surface area contributed by atoms with E-state index in [0.717, 1.165) is 11.1 Å². The van der Waals surface area contributed by atoms with Crippen LogP contribution in [0.15, 0.2) is 54.6 Å². The van der Waals surface area contributed by atoms with Crippen LogP contribution >= 0.6 is 0 Å². The van der Waals surface area contributed by atoms with Gasteiger partial charge in [-0.1, -0.05) is 42.5 Å². The fourth-order valence-corrected chi connectivity index (χ4v) is 1.22. The van der Waals surface area contributed by atoms with E-state index in [-0.39, 0.29) is 5.82 Å². The molecule has 2 aromatic carbocycles. The van der Waals surface area contributed by atoms with Gasteiger partial charge in [-0.2, -0.15) is 0 Å². The maximum Gasteiger partial charge on any atom is 0.123 e. The predicted molar refractivity (Wildman–Crippen MR) is 54.3 cm³/mol. The molecule has 0 aliphatic carbocycles. The Balaban J connectivity index is 2.16. The van der Waals surface area contributed by atoms with E-state index >= 15 is 0 Å². The first-order valence-electron chi connectivity index (χ1n) is 4.42. The lowest BCUT2D eigenvalue weighted by Gasteiger charge is -1.99. The minimum Gasteiger partial charge on any atom is -0.207 e. The predicted octanol–water partition coefficient (Wildman–Crippen LogP) is 3.30. The molecule has 0 nitrogen and oxygen atoms in total. The van der Waals surface area contributed by atoms with Crippen molar-refractivity contribution in [2.24, 2.45) is 0 Å². The third kappa shape index (κ3) is 2.19. The number of hydrogen-bond donors (Lipinski definition) is 0. The molecular formula is C13H9F. The Morgan fingerprint density at radius 1 is 0.714 bits per heavy atom. The Morgan fingerprint density at radius 3 is 1.93 bits per heavy atom. The minimum absolute atomic E-state index is 0.219. The fourth-order valence-electron chi connectivity index (χ4n) is 1.22. The molecule has 0 saturated carbocycles. The zero-order valence-corrected chi connectivity index (χ0v) is 7.57. The highest BCUT2D eigenvalue weighted by atomic mass is 19.1. The molecular weight excluding hydrogens is 175 g/mol. The van der Waals surface area contributed by atoms with Crippen molar-refractivity contribution in [3.8, 4) is 0 Å². The van der Waals surface area contributed by atoms with E-state index in [1.165, 1.54) is 12.1 Å². The molecule has 1 heteroatoms. The quantitative estimate of drug-likeness (QED) is 0.671. The Labute approximate surface area is 83.0 Å². The van der Waals surface area contributed by atoms with Crippen LogP contribution in [0.5, 0.6) is 0 Å². The van der Waals surface area contributed by atoms with Crippen molar-refractivity contribution in [1.29, 1.82) is 0 Å². The van der Waals surface area contributed by atoms with Crippen LogP contribution in [0, 0.1) is 12.2 Å². The molecule has 0 N–H and O–H groups in total. The standard InChI is InChI=1S/C13H9F/c14-13-8-6-12(7-9-13)10-11-4-2-1-3-5-11/h1-9H. The normalized spacial score (nSPS) is 10.1. The second-order valence-electron chi connectivity index (χ2n) is 3.00. The minimum atomic E-state index is -0.219. The molecule has 0 fully saturated rings. The summed E-state index contributed by atoms with van der Waals surface area (Å²) in [6.07, 6.45) is 3.16. The van der Waals surface area contributed by atoms with Crippen molar-refractivity contribution in [3.63, 3.8) is 0 Å². The van der Waals surface area contributed by atoms with E-state index in [2.05, 4.69) is 6.42 Å². The third-order valence-electron chi connectivity index (χ3n) is 1.91. The van der Waals surface area contributed by atoms with E-state index in [0.29, 0.717) is 0 Å². The lowest BCUT2D eigenvalue weighted by Crippen LogP contribution is -1.84. The molecule has 0 aliphatic rings. The number of hydrogen-bond acceptors (Lipinski definition) is 0. The van der Waals surface area contributed by atoms with E-state index in [9.17, 15) is 4.39 Å². The van der Waals surface area contributed by atoms with Gasteiger partial charge in [0.25, 0.3) is 0 Å². The highest BCUT2D eigenvalue weighted by Crippen LogP contribution is 2.11. The summed E-state index contributed by atoms with van der Waals surface area (Å²) in [5, 5.41) is 0. The smallest absolute Gasteiger partial charge is 0.123 e. The molecule has 2 aromatic rings. The van der Waals surface area contributed by atoms with Crippen LogP contribution in [0.4, 0.5) is 4.39 Å². The Kier molecular flexibility index (Phi) is 2.59. The average molecular weight is 184 g/mol. The van der Waals surface area contributed by atoms with Crippen LogP contribution < -0.4 is 0 Å². The maximum absolute atomic E-state index is 12.6. The molecule has 0 saturated heterocycles.